The van der Waals surface area contributed by atoms with Gasteiger partial charge in [-0.25, -0.2) is 4.98 Å². The highest BCUT2D eigenvalue weighted by Gasteiger charge is 2.16. The van der Waals surface area contributed by atoms with E-state index in [-0.39, 0.29) is 0 Å². The van der Waals surface area contributed by atoms with E-state index in [1.54, 1.807) is 12.5 Å². The third-order valence-electron chi connectivity index (χ3n) is 1.36. The molecule has 10 heavy (non-hydrogen) atoms. The van der Waals surface area contributed by atoms with Crippen LogP contribution in [0.5, 0.6) is 0 Å². The second-order valence-corrected chi connectivity index (χ2v) is 2.05. The number of imidazole rings is 1. The highest BCUT2D eigenvalue weighted by Crippen LogP contribution is 2.05. The molecule has 1 saturated heterocycles. The van der Waals surface area contributed by atoms with Crippen LogP contribution >= 0.6 is 0 Å². The normalized spacial score (nSPS) is 20.0. The number of hydrogen-bond donors (Lipinski definition) is 1. The summed E-state index contributed by atoms with van der Waals surface area (Å²) in [6.45, 7) is 1.63. The Labute approximate surface area is 58.8 Å². The Bertz CT molecular complexity index is 191. The zero-order chi connectivity index (χ0) is 6.81. The average molecular weight is 138 g/mol. The van der Waals surface area contributed by atoms with Crippen molar-refractivity contribution in [1.82, 2.24) is 14.9 Å². The maximum absolute atomic E-state index is 5.23. The molecule has 0 atom stereocenters. The molecule has 4 heteroatoms. The first kappa shape index (κ1) is 5.88. The Morgan fingerprint density at radius 2 is 2.70 bits per heavy atom. The molecule has 2 heterocycles. The standard InChI is InChI=1S/C6H8N3O/c1-3-9(5-7-1)6-8-2-4-10-6/h1,3,5,8H,2,4H2. The van der Waals surface area contributed by atoms with Crippen LogP contribution in [0, 0.1) is 6.35 Å². The number of rotatable bonds is 1. The molecular formula is C6H8N3O. The predicted molar refractivity (Wildman–Crippen MR) is 34.8 cm³/mol. The van der Waals surface area contributed by atoms with Gasteiger partial charge in [-0.05, 0) is 0 Å². The minimum absolute atomic E-state index is 0.744. The second kappa shape index (κ2) is 2.40. The third-order valence-corrected chi connectivity index (χ3v) is 1.36. The van der Waals surface area contributed by atoms with Crippen LogP contribution in [0.15, 0.2) is 18.7 Å². The first-order valence-corrected chi connectivity index (χ1v) is 3.19. The average Bonchev–Trinajstić information content (AvgIpc) is 2.59. The summed E-state index contributed by atoms with van der Waals surface area (Å²) >= 11 is 0. The van der Waals surface area contributed by atoms with E-state index in [9.17, 15) is 0 Å². The fraction of sp³-hybridized carbons (Fsp3) is 0.333. The lowest BCUT2D eigenvalue weighted by molar-refractivity contribution is 0.172. The van der Waals surface area contributed by atoms with Gasteiger partial charge >= 0.3 is 0 Å². The maximum atomic E-state index is 5.23. The molecule has 1 fully saturated rings. The molecule has 1 aliphatic rings. The quantitative estimate of drug-likeness (QED) is 0.584. The van der Waals surface area contributed by atoms with Crippen LogP contribution in [0.1, 0.15) is 0 Å². The van der Waals surface area contributed by atoms with Gasteiger partial charge in [0.2, 0.25) is 0 Å². The van der Waals surface area contributed by atoms with Gasteiger partial charge in [-0.3, -0.25) is 9.88 Å². The Morgan fingerprint density at radius 3 is 3.30 bits per heavy atom. The van der Waals surface area contributed by atoms with E-state index >= 15 is 0 Å². The van der Waals surface area contributed by atoms with Gasteiger partial charge in [-0.1, -0.05) is 0 Å². The Hall–Kier alpha value is -0.870. The van der Waals surface area contributed by atoms with Gasteiger partial charge < -0.3 is 4.74 Å². The van der Waals surface area contributed by atoms with E-state index in [1.807, 2.05) is 10.8 Å². The number of hydrogen-bond acceptors (Lipinski definition) is 3. The first-order valence-electron chi connectivity index (χ1n) is 3.19. The fourth-order valence-corrected chi connectivity index (χ4v) is 0.902. The summed E-state index contributed by atoms with van der Waals surface area (Å²) in [4.78, 5) is 3.89. The molecule has 1 aromatic rings. The van der Waals surface area contributed by atoms with Crippen LogP contribution < -0.4 is 5.32 Å². The van der Waals surface area contributed by atoms with Gasteiger partial charge in [0.15, 0.2) is 0 Å². The summed E-state index contributed by atoms with van der Waals surface area (Å²) in [6.07, 6.45) is 6.04. The number of ether oxygens (including phenoxy) is 1. The van der Waals surface area contributed by atoms with E-state index in [0.29, 0.717) is 0 Å². The summed E-state index contributed by atoms with van der Waals surface area (Å²) in [7, 11) is 0. The van der Waals surface area contributed by atoms with Crippen molar-refractivity contribution in [1.29, 1.82) is 0 Å². The topological polar surface area (TPSA) is 39.1 Å². The van der Waals surface area contributed by atoms with Gasteiger partial charge in [0.1, 0.15) is 0 Å². The van der Waals surface area contributed by atoms with Crippen LogP contribution in [0.4, 0.5) is 0 Å². The monoisotopic (exact) mass is 138 g/mol. The van der Waals surface area contributed by atoms with Crippen molar-refractivity contribution < 1.29 is 4.74 Å². The smallest absolute Gasteiger partial charge is 0.268 e. The summed E-state index contributed by atoms with van der Waals surface area (Å²) in [5.41, 5.74) is 0. The molecule has 0 aliphatic carbocycles. The summed E-state index contributed by atoms with van der Waals surface area (Å²) in [5, 5.41) is 3.08. The van der Waals surface area contributed by atoms with E-state index in [1.165, 1.54) is 0 Å². The summed E-state index contributed by atoms with van der Waals surface area (Å²) in [6, 6.07) is 0. The van der Waals surface area contributed by atoms with Crippen LogP contribution in [-0.4, -0.2) is 22.7 Å². The predicted octanol–water partition coefficient (Wildman–Crippen LogP) is -0.202. The molecule has 0 amide bonds. The number of aromatic nitrogens is 2. The lowest BCUT2D eigenvalue weighted by Crippen LogP contribution is -2.20. The van der Waals surface area contributed by atoms with Crippen LogP contribution in [0.25, 0.3) is 0 Å². The summed E-state index contributed by atoms with van der Waals surface area (Å²) < 4.78 is 7.04. The van der Waals surface area contributed by atoms with Gasteiger partial charge in [-0.15, -0.1) is 0 Å². The molecule has 1 aromatic heterocycles. The van der Waals surface area contributed by atoms with Crippen molar-refractivity contribution in [2.75, 3.05) is 13.2 Å². The first-order chi connectivity index (χ1) is 4.97. The van der Waals surface area contributed by atoms with E-state index in [2.05, 4.69) is 10.3 Å². The van der Waals surface area contributed by atoms with Crippen molar-refractivity contribution in [3.63, 3.8) is 0 Å². The molecule has 0 aromatic carbocycles. The van der Waals surface area contributed by atoms with Crippen LogP contribution in [0.2, 0.25) is 0 Å². The van der Waals surface area contributed by atoms with Crippen molar-refractivity contribution >= 4 is 0 Å². The Balaban J connectivity index is 2.12. The molecule has 2 rings (SSSR count). The van der Waals surface area contributed by atoms with E-state index in [0.717, 1.165) is 19.5 Å². The SMILES string of the molecule is c1cn([C]2NCCO2)cn1. The molecule has 0 spiro atoms. The Morgan fingerprint density at radius 1 is 1.70 bits per heavy atom. The molecule has 1 aliphatic heterocycles. The van der Waals surface area contributed by atoms with Gasteiger partial charge in [0, 0.05) is 18.9 Å². The molecule has 4 nitrogen and oxygen atoms in total. The van der Waals surface area contributed by atoms with Crippen molar-refractivity contribution in [3.05, 3.63) is 25.1 Å². The zero-order valence-corrected chi connectivity index (χ0v) is 5.45. The van der Waals surface area contributed by atoms with Crippen LogP contribution in [-0.2, 0) is 4.74 Å². The largest absolute Gasteiger partial charge is 0.336 e. The van der Waals surface area contributed by atoms with Crippen molar-refractivity contribution in [2.45, 2.75) is 0 Å². The third kappa shape index (κ3) is 0.913. The lowest BCUT2D eigenvalue weighted by atomic mass is 10.7. The number of nitrogens with zero attached hydrogens (tertiary/aromatic N) is 2. The lowest BCUT2D eigenvalue weighted by Gasteiger charge is -2.06. The molecule has 1 radical (unpaired) electrons. The van der Waals surface area contributed by atoms with Gasteiger partial charge in [-0.2, -0.15) is 0 Å². The molecule has 0 saturated carbocycles. The molecule has 53 valence electrons. The zero-order valence-electron chi connectivity index (χ0n) is 5.45. The molecule has 0 bridgehead atoms. The molecular weight excluding hydrogens is 130 g/mol. The Kier molecular flexibility index (Phi) is 1.41. The number of nitrogens with one attached hydrogen (secondary N) is 1. The van der Waals surface area contributed by atoms with E-state index < -0.39 is 0 Å². The van der Waals surface area contributed by atoms with Crippen LogP contribution in [0.3, 0.4) is 0 Å². The highest BCUT2D eigenvalue weighted by atomic mass is 16.5. The minimum atomic E-state index is 0.744. The van der Waals surface area contributed by atoms with Gasteiger partial charge in [0.05, 0.1) is 12.9 Å². The fourth-order valence-electron chi connectivity index (χ4n) is 0.902. The van der Waals surface area contributed by atoms with Gasteiger partial charge in [0.25, 0.3) is 6.35 Å². The maximum Gasteiger partial charge on any atom is 0.268 e. The summed E-state index contributed by atoms with van der Waals surface area (Å²) in [5.74, 6) is 0. The van der Waals surface area contributed by atoms with Crippen molar-refractivity contribution in [3.8, 4) is 0 Å². The van der Waals surface area contributed by atoms with E-state index in [4.69, 9.17) is 4.74 Å². The molecule has 1 N–H and O–H groups in total. The molecule has 0 unspecified atom stereocenters. The van der Waals surface area contributed by atoms with Crippen molar-refractivity contribution in [2.24, 2.45) is 0 Å². The minimum Gasteiger partial charge on any atom is -0.336 e. The highest BCUT2D eigenvalue weighted by molar-refractivity contribution is 4.89. The second-order valence-electron chi connectivity index (χ2n) is 2.05.